The van der Waals surface area contributed by atoms with E-state index < -0.39 is 27.7 Å². The Labute approximate surface area is 141 Å². The maximum Gasteiger partial charge on any atom is 0.322 e. The molecule has 1 N–H and O–H groups in total. The van der Waals surface area contributed by atoms with E-state index in [0.717, 1.165) is 19.1 Å². The summed E-state index contributed by atoms with van der Waals surface area (Å²) in [6, 6.07) is 3.08. The molecular weight excluding hydrogens is 335 g/mol. The third kappa shape index (κ3) is 5.09. The molecule has 0 spiro atoms. The molecule has 1 aromatic carbocycles. The number of anilines is 1. The van der Waals surface area contributed by atoms with Crippen LogP contribution in [0.15, 0.2) is 18.2 Å². The van der Waals surface area contributed by atoms with Crippen molar-refractivity contribution in [2.45, 2.75) is 38.8 Å². The lowest BCUT2D eigenvalue weighted by atomic mass is 10.2. The molecule has 24 heavy (non-hydrogen) atoms. The molecule has 0 aromatic heterocycles. The Kier molecular flexibility index (Phi) is 5.69. The summed E-state index contributed by atoms with van der Waals surface area (Å²) < 4.78 is 41.7. The Morgan fingerprint density at radius 1 is 1.46 bits per heavy atom. The van der Waals surface area contributed by atoms with Gasteiger partial charge in [-0.1, -0.05) is 0 Å². The number of nitrogens with zero attached hydrogens (tertiary/aromatic N) is 1. The summed E-state index contributed by atoms with van der Waals surface area (Å²) in [6.45, 7) is 3.82. The zero-order chi connectivity index (χ0) is 17.9. The van der Waals surface area contributed by atoms with Crippen LogP contribution in [0, 0.1) is 5.82 Å². The van der Waals surface area contributed by atoms with Gasteiger partial charge < -0.3 is 15.0 Å². The van der Waals surface area contributed by atoms with Crippen LogP contribution in [0.25, 0.3) is 0 Å². The van der Waals surface area contributed by atoms with Crippen LogP contribution < -0.4 is 10.1 Å². The van der Waals surface area contributed by atoms with Gasteiger partial charge in [-0.15, -0.1) is 0 Å². The predicted molar refractivity (Wildman–Crippen MR) is 90.6 cm³/mol. The molecule has 0 bridgehead atoms. The summed E-state index contributed by atoms with van der Waals surface area (Å²) in [5.74, 6) is -0.308. The minimum atomic E-state index is -3.20. The molecule has 1 saturated carbocycles. The second-order valence-corrected chi connectivity index (χ2v) is 8.27. The summed E-state index contributed by atoms with van der Waals surface area (Å²) in [5.41, 5.74) is 0.362. The first-order chi connectivity index (χ1) is 11.2. The number of sulfone groups is 1. The highest BCUT2D eigenvalue weighted by Gasteiger charge is 2.37. The fraction of sp³-hybridized carbons (Fsp3) is 0.562. The fourth-order valence-electron chi connectivity index (χ4n) is 2.65. The minimum Gasteiger partial charge on any atom is -0.492 e. The standard InChI is InChI=1S/C16H23FN2O4S/c1-4-23-15-9-12(17)5-8-14(15)18-16(20)19(13-6-7-13)11(2)10-24(3,21)22/h5,8-9,11,13H,4,6-7,10H2,1-3H3,(H,18,20)/t11-/m1/s1. The van der Waals surface area contributed by atoms with Crippen LogP contribution in [-0.2, 0) is 9.84 Å². The molecule has 1 fully saturated rings. The topological polar surface area (TPSA) is 75.7 Å². The highest BCUT2D eigenvalue weighted by molar-refractivity contribution is 7.90. The molecule has 0 unspecified atom stereocenters. The molecule has 0 aliphatic heterocycles. The highest BCUT2D eigenvalue weighted by atomic mass is 32.2. The number of halogens is 1. The summed E-state index contributed by atoms with van der Waals surface area (Å²) in [6.07, 6.45) is 2.85. The fourth-order valence-corrected chi connectivity index (χ4v) is 3.69. The number of benzene rings is 1. The van der Waals surface area contributed by atoms with E-state index in [4.69, 9.17) is 4.74 Å². The minimum absolute atomic E-state index is 0.0396. The monoisotopic (exact) mass is 358 g/mol. The maximum atomic E-state index is 13.3. The summed E-state index contributed by atoms with van der Waals surface area (Å²) in [5, 5.41) is 2.71. The molecule has 2 rings (SSSR count). The van der Waals surface area contributed by atoms with Gasteiger partial charge >= 0.3 is 6.03 Å². The van der Waals surface area contributed by atoms with Gasteiger partial charge in [0.05, 0.1) is 18.0 Å². The normalized spacial score (nSPS) is 15.7. The number of urea groups is 1. The third-order valence-electron chi connectivity index (χ3n) is 3.68. The summed E-state index contributed by atoms with van der Waals surface area (Å²) in [4.78, 5) is 14.2. The molecule has 1 aliphatic carbocycles. The number of hydrogen-bond donors (Lipinski definition) is 1. The zero-order valence-corrected chi connectivity index (χ0v) is 14.9. The quantitative estimate of drug-likeness (QED) is 0.813. The summed E-state index contributed by atoms with van der Waals surface area (Å²) in [7, 11) is -3.20. The van der Waals surface area contributed by atoms with Crippen LogP contribution >= 0.6 is 0 Å². The number of carbonyl (C=O) groups excluding carboxylic acids is 1. The smallest absolute Gasteiger partial charge is 0.322 e. The van der Waals surface area contributed by atoms with E-state index in [1.165, 1.54) is 18.2 Å². The van der Waals surface area contributed by atoms with E-state index >= 15 is 0 Å². The van der Waals surface area contributed by atoms with E-state index in [1.54, 1.807) is 18.7 Å². The van der Waals surface area contributed by atoms with Crippen molar-refractivity contribution >= 4 is 21.6 Å². The molecule has 0 radical (unpaired) electrons. The molecular formula is C16H23FN2O4S. The maximum absolute atomic E-state index is 13.3. The lowest BCUT2D eigenvalue weighted by molar-refractivity contribution is 0.194. The SMILES string of the molecule is CCOc1cc(F)ccc1NC(=O)N(C1CC1)[C@H](C)CS(C)(=O)=O. The van der Waals surface area contributed by atoms with Gasteiger partial charge in [0.25, 0.3) is 0 Å². The van der Waals surface area contributed by atoms with E-state index in [0.29, 0.717) is 12.3 Å². The van der Waals surface area contributed by atoms with Gasteiger partial charge in [-0.2, -0.15) is 0 Å². The molecule has 1 aromatic rings. The molecule has 0 heterocycles. The van der Waals surface area contributed by atoms with Crippen molar-refractivity contribution in [3.8, 4) is 5.75 Å². The molecule has 134 valence electrons. The first-order valence-corrected chi connectivity index (χ1v) is 9.96. The van der Waals surface area contributed by atoms with Crippen LogP contribution in [-0.4, -0.2) is 50.0 Å². The van der Waals surface area contributed by atoms with Crippen molar-refractivity contribution in [2.24, 2.45) is 0 Å². The number of ether oxygens (including phenoxy) is 1. The number of rotatable bonds is 7. The van der Waals surface area contributed by atoms with Gasteiger partial charge in [0.15, 0.2) is 0 Å². The molecule has 2 amide bonds. The van der Waals surface area contributed by atoms with Gasteiger partial charge in [-0.25, -0.2) is 17.6 Å². The van der Waals surface area contributed by atoms with Gasteiger partial charge in [0.2, 0.25) is 0 Å². The van der Waals surface area contributed by atoms with Crippen molar-refractivity contribution in [2.75, 3.05) is 23.9 Å². The van der Waals surface area contributed by atoms with Crippen LogP contribution in [0.3, 0.4) is 0 Å². The van der Waals surface area contributed by atoms with Crippen molar-refractivity contribution in [1.29, 1.82) is 0 Å². The number of nitrogens with one attached hydrogen (secondary N) is 1. The highest BCUT2D eigenvalue weighted by Crippen LogP contribution is 2.31. The second-order valence-electron chi connectivity index (χ2n) is 6.08. The first kappa shape index (κ1) is 18.5. The van der Waals surface area contributed by atoms with E-state index in [-0.39, 0.29) is 17.5 Å². The van der Waals surface area contributed by atoms with Crippen LogP contribution in [0.4, 0.5) is 14.9 Å². The van der Waals surface area contributed by atoms with Crippen LogP contribution in [0.2, 0.25) is 0 Å². The van der Waals surface area contributed by atoms with Crippen molar-refractivity contribution in [1.82, 2.24) is 4.90 Å². The van der Waals surface area contributed by atoms with E-state index in [9.17, 15) is 17.6 Å². The first-order valence-electron chi connectivity index (χ1n) is 7.90. The van der Waals surface area contributed by atoms with Gasteiger partial charge in [-0.05, 0) is 38.8 Å². The lowest BCUT2D eigenvalue weighted by Gasteiger charge is -2.29. The number of carbonyl (C=O) groups is 1. The van der Waals surface area contributed by atoms with Crippen molar-refractivity contribution in [3.63, 3.8) is 0 Å². The lowest BCUT2D eigenvalue weighted by Crippen LogP contribution is -2.46. The largest absolute Gasteiger partial charge is 0.492 e. The number of amides is 2. The molecule has 6 nitrogen and oxygen atoms in total. The zero-order valence-electron chi connectivity index (χ0n) is 14.1. The number of hydrogen-bond acceptors (Lipinski definition) is 4. The molecule has 8 heteroatoms. The van der Waals surface area contributed by atoms with E-state index in [1.807, 2.05) is 0 Å². The van der Waals surface area contributed by atoms with Gasteiger partial charge in [-0.3, -0.25) is 0 Å². The molecule has 1 atom stereocenters. The van der Waals surface area contributed by atoms with Crippen molar-refractivity contribution < 1.29 is 22.3 Å². The summed E-state index contributed by atoms with van der Waals surface area (Å²) >= 11 is 0. The molecule has 0 saturated heterocycles. The van der Waals surface area contributed by atoms with Crippen molar-refractivity contribution in [3.05, 3.63) is 24.0 Å². The van der Waals surface area contributed by atoms with Crippen LogP contribution in [0.5, 0.6) is 5.75 Å². The second kappa shape index (κ2) is 7.38. The average molecular weight is 358 g/mol. The Hall–Kier alpha value is -1.83. The Morgan fingerprint density at radius 2 is 2.12 bits per heavy atom. The van der Waals surface area contributed by atoms with Gasteiger partial charge in [0.1, 0.15) is 21.4 Å². The average Bonchev–Trinajstić information content (AvgIpc) is 3.25. The van der Waals surface area contributed by atoms with Crippen LogP contribution in [0.1, 0.15) is 26.7 Å². The Morgan fingerprint density at radius 3 is 2.67 bits per heavy atom. The van der Waals surface area contributed by atoms with E-state index in [2.05, 4.69) is 5.32 Å². The molecule has 1 aliphatic rings. The van der Waals surface area contributed by atoms with Gasteiger partial charge in [0, 0.05) is 24.4 Å². The predicted octanol–water partition coefficient (Wildman–Crippen LogP) is 2.65. The Bertz CT molecular complexity index is 704. The third-order valence-corrected chi connectivity index (χ3v) is 4.77. The Balaban J connectivity index is 2.17.